The molecule has 0 unspecified atom stereocenters. The number of hydrogen-bond acceptors (Lipinski definition) is 3. The molecule has 0 aliphatic heterocycles. The molecule has 0 aliphatic carbocycles. The molecule has 7 heavy (non-hydrogen) atoms. The summed E-state index contributed by atoms with van der Waals surface area (Å²) in [5.41, 5.74) is 15.5. The van der Waals surface area contributed by atoms with E-state index in [1.54, 1.807) is 0 Å². The summed E-state index contributed by atoms with van der Waals surface area (Å²) in [6.45, 7) is 3.53. The third kappa shape index (κ3) is 5.88. The van der Waals surface area contributed by atoms with Crippen LogP contribution in [-0.2, 0) is 0 Å². The number of nitrogens with two attached hydrogens (primary N) is 3. The van der Waals surface area contributed by atoms with Crippen LogP contribution in [0.3, 0.4) is 0 Å². The summed E-state index contributed by atoms with van der Waals surface area (Å²) in [5, 5.41) is 0. The Kier molecular flexibility index (Phi) is 2.22. The van der Waals surface area contributed by atoms with Crippen LogP contribution in [0.2, 0.25) is 0 Å². The van der Waals surface area contributed by atoms with Crippen molar-refractivity contribution in [2.75, 3.05) is 0 Å². The molecular weight excluding hydrogens is 90.1 g/mol. The van der Waals surface area contributed by atoms with Crippen LogP contribution >= 0.6 is 0 Å². The van der Waals surface area contributed by atoms with Gasteiger partial charge in [-0.15, -0.1) is 0 Å². The Morgan fingerprint density at radius 1 is 1.29 bits per heavy atom. The molecule has 0 fully saturated rings. The SMILES string of the molecule is [CH2]CCC(N)(N)N. The molecule has 3 heteroatoms. The molecule has 0 atom stereocenters. The fourth-order valence-corrected chi connectivity index (χ4v) is 0.306. The molecule has 0 amide bonds. The predicted octanol–water partition coefficient (Wildman–Crippen LogP) is -0.869. The van der Waals surface area contributed by atoms with Gasteiger partial charge in [0.05, 0.1) is 0 Å². The fourth-order valence-electron chi connectivity index (χ4n) is 0.306. The highest BCUT2D eigenvalue weighted by atomic mass is 15.1. The predicted molar refractivity (Wildman–Crippen MR) is 29.9 cm³/mol. The van der Waals surface area contributed by atoms with Gasteiger partial charge < -0.3 is 17.2 Å². The zero-order valence-corrected chi connectivity index (χ0v) is 4.35. The van der Waals surface area contributed by atoms with Gasteiger partial charge in [0.1, 0.15) is 5.79 Å². The normalized spacial score (nSPS) is 12.0. The third-order valence-electron chi connectivity index (χ3n) is 0.610. The lowest BCUT2D eigenvalue weighted by molar-refractivity contribution is 0.429. The van der Waals surface area contributed by atoms with Crippen LogP contribution in [0.1, 0.15) is 12.8 Å². The van der Waals surface area contributed by atoms with Crippen LogP contribution in [-0.4, -0.2) is 5.79 Å². The molecule has 0 aliphatic rings. The van der Waals surface area contributed by atoms with Gasteiger partial charge in [0.2, 0.25) is 0 Å². The minimum absolute atomic E-state index is 0.562. The maximum Gasteiger partial charge on any atom is 0.115 e. The van der Waals surface area contributed by atoms with E-state index in [2.05, 4.69) is 6.92 Å². The third-order valence-corrected chi connectivity index (χ3v) is 0.610. The van der Waals surface area contributed by atoms with E-state index in [-0.39, 0.29) is 0 Å². The number of rotatable bonds is 2. The molecule has 0 saturated heterocycles. The highest BCUT2D eigenvalue weighted by Gasteiger charge is 2.07. The maximum absolute atomic E-state index is 5.16. The molecule has 0 spiro atoms. The van der Waals surface area contributed by atoms with E-state index in [1.165, 1.54) is 0 Å². The highest BCUT2D eigenvalue weighted by molar-refractivity contribution is 4.66. The molecule has 43 valence electrons. The van der Waals surface area contributed by atoms with Crippen LogP contribution < -0.4 is 17.2 Å². The summed E-state index contributed by atoms with van der Waals surface area (Å²) in [6.07, 6.45) is 1.25. The van der Waals surface area contributed by atoms with E-state index < -0.39 is 5.79 Å². The van der Waals surface area contributed by atoms with Gasteiger partial charge in [0.15, 0.2) is 0 Å². The quantitative estimate of drug-likeness (QED) is 0.397. The summed E-state index contributed by atoms with van der Waals surface area (Å²) in [7, 11) is 0. The maximum atomic E-state index is 5.16. The molecule has 0 bridgehead atoms. The van der Waals surface area contributed by atoms with Gasteiger partial charge in [-0.1, -0.05) is 6.92 Å². The highest BCUT2D eigenvalue weighted by Crippen LogP contribution is 1.90. The van der Waals surface area contributed by atoms with Gasteiger partial charge in [-0.3, -0.25) is 0 Å². The van der Waals surface area contributed by atoms with Crippen molar-refractivity contribution in [1.82, 2.24) is 0 Å². The lowest BCUT2D eigenvalue weighted by Crippen LogP contribution is -2.57. The zero-order valence-electron chi connectivity index (χ0n) is 4.35. The smallest absolute Gasteiger partial charge is 0.115 e. The largest absolute Gasteiger partial charge is 0.301 e. The average molecular weight is 102 g/mol. The summed E-state index contributed by atoms with van der Waals surface area (Å²) in [5.74, 6) is -1.01. The van der Waals surface area contributed by atoms with Crippen LogP contribution in [0.25, 0.3) is 0 Å². The van der Waals surface area contributed by atoms with Gasteiger partial charge in [-0.05, 0) is 12.8 Å². The van der Waals surface area contributed by atoms with Crippen molar-refractivity contribution in [2.24, 2.45) is 17.2 Å². The average Bonchev–Trinajstić information content (AvgIpc) is 1.30. The summed E-state index contributed by atoms with van der Waals surface area (Å²) >= 11 is 0. The molecule has 0 aromatic carbocycles. The molecule has 6 N–H and O–H groups in total. The van der Waals surface area contributed by atoms with Crippen molar-refractivity contribution < 1.29 is 0 Å². The second-order valence-corrected chi connectivity index (χ2v) is 1.72. The van der Waals surface area contributed by atoms with Gasteiger partial charge in [-0.2, -0.15) is 0 Å². The molecule has 0 heterocycles. The first-order valence-corrected chi connectivity index (χ1v) is 2.22. The summed E-state index contributed by atoms with van der Waals surface area (Å²) in [4.78, 5) is 0. The lowest BCUT2D eigenvalue weighted by atomic mass is 10.2. The van der Waals surface area contributed by atoms with E-state index in [0.717, 1.165) is 0 Å². The lowest BCUT2D eigenvalue weighted by Gasteiger charge is -2.15. The first-order chi connectivity index (χ1) is 3.06. The van der Waals surface area contributed by atoms with Crippen molar-refractivity contribution in [3.8, 4) is 0 Å². The Morgan fingerprint density at radius 3 is 1.71 bits per heavy atom. The van der Waals surface area contributed by atoms with Gasteiger partial charge in [-0.25, -0.2) is 0 Å². The van der Waals surface area contributed by atoms with Gasteiger partial charge >= 0.3 is 0 Å². The van der Waals surface area contributed by atoms with Crippen molar-refractivity contribution in [3.63, 3.8) is 0 Å². The van der Waals surface area contributed by atoms with Gasteiger partial charge in [0, 0.05) is 0 Å². The minimum Gasteiger partial charge on any atom is -0.301 e. The second kappa shape index (κ2) is 2.26. The van der Waals surface area contributed by atoms with Crippen LogP contribution in [0.5, 0.6) is 0 Å². The molecule has 0 rings (SSSR count). The standard InChI is InChI=1S/C4H12N3/c1-2-3-4(5,6)7/h1-3,5-7H2. The van der Waals surface area contributed by atoms with Gasteiger partial charge in [0.25, 0.3) is 0 Å². The van der Waals surface area contributed by atoms with Crippen molar-refractivity contribution in [2.45, 2.75) is 18.6 Å². The first-order valence-electron chi connectivity index (χ1n) is 2.22. The van der Waals surface area contributed by atoms with Crippen molar-refractivity contribution in [1.29, 1.82) is 0 Å². The van der Waals surface area contributed by atoms with E-state index in [9.17, 15) is 0 Å². The van der Waals surface area contributed by atoms with Crippen LogP contribution in [0, 0.1) is 6.92 Å². The van der Waals surface area contributed by atoms with Crippen LogP contribution in [0.4, 0.5) is 0 Å². The second-order valence-electron chi connectivity index (χ2n) is 1.72. The van der Waals surface area contributed by atoms with E-state index >= 15 is 0 Å². The Morgan fingerprint density at radius 2 is 1.71 bits per heavy atom. The van der Waals surface area contributed by atoms with Crippen LogP contribution in [0.15, 0.2) is 0 Å². The Balaban J connectivity index is 3.15. The van der Waals surface area contributed by atoms with E-state index in [4.69, 9.17) is 17.2 Å². The Labute approximate surface area is 43.9 Å². The molecule has 3 nitrogen and oxygen atoms in total. The summed E-state index contributed by atoms with van der Waals surface area (Å²) in [6, 6.07) is 0. The Hall–Kier alpha value is -0.120. The summed E-state index contributed by atoms with van der Waals surface area (Å²) < 4.78 is 0. The molecule has 0 saturated carbocycles. The minimum atomic E-state index is -1.01. The fraction of sp³-hybridized carbons (Fsp3) is 0.750. The molecule has 0 aromatic heterocycles. The van der Waals surface area contributed by atoms with E-state index in [0.29, 0.717) is 12.8 Å². The molecule has 1 radical (unpaired) electrons. The molecular formula is C4H12N3. The topological polar surface area (TPSA) is 78.1 Å². The van der Waals surface area contributed by atoms with Crippen molar-refractivity contribution >= 4 is 0 Å². The Bertz CT molecular complexity index is 45.4. The zero-order chi connectivity index (χ0) is 5.91. The monoisotopic (exact) mass is 102 g/mol. The molecule has 0 aromatic rings. The number of hydrogen-bond donors (Lipinski definition) is 3. The van der Waals surface area contributed by atoms with E-state index in [1.807, 2.05) is 0 Å². The van der Waals surface area contributed by atoms with Crippen molar-refractivity contribution in [3.05, 3.63) is 6.92 Å². The first kappa shape index (κ1) is 6.88.